The molecule has 19 nitrogen and oxygen atoms in total. The van der Waals surface area contributed by atoms with Crippen LogP contribution < -0.4 is 0 Å². The minimum Gasteiger partial charge on any atom is -0.394 e. The Bertz CT molecular complexity index is 1750. The minimum absolute atomic E-state index is 0.0482. The molecule has 6 fully saturated rings. The summed E-state index contributed by atoms with van der Waals surface area (Å²) in [7, 11) is 0. The lowest BCUT2D eigenvalue weighted by Gasteiger charge is -2.65. The first-order chi connectivity index (χ1) is 31.2. The van der Waals surface area contributed by atoms with E-state index in [4.69, 9.17) is 28.4 Å². The van der Waals surface area contributed by atoms with Gasteiger partial charge in [-0.2, -0.15) is 0 Å². The van der Waals surface area contributed by atoms with Gasteiger partial charge in [-0.15, -0.1) is 0 Å². The summed E-state index contributed by atoms with van der Waals surface area (Å²) in [5.74, 6) is 0.405. The molecule has 0 radical (unpaired) electrons. The van der Waals surface area contributed by atoms with Crippen LogP contribution in [0.1, 0.15) is 107 Å². The highest BCUT2D eigenvalue weighted by atomic mass is 16.8. The average Bonchev–Trinajstić information content (AvgIpc) is 3.54. The van der Waals surface area contributed by atoms with Gasteiger partial charge in [0, 0.05) is 17.3 Å². The maximum Gasteiger partial charge on any atom is 0.187 e. The van der Waals surface area contributed by atoms with E-state index in [1.807, 2.05) is 0 Å². The van der Waals surface area contributed by atoms with Crippen LogP contribution in [0.3, 0.4) is 0 Å². The third kappa shape index (κ3) is 9.04. The van der Waals surface area contributed by atoms with Crippen molar-refractivity contribution in [3.8, 4) is 0 Å². The lowest BCUT2D eigenvalue weighted by Crippen LogP contribution is -2.65. The van der Waals surface area contributed by atoms with E-state index in [-0.39, 0.29) is 46.7 Å². The third-order valence-corrected chi connectivity index (χ3v) is 18.4. The van der Waals surface area contributed by atoms with Crippen molar-refractivity contribution in [3.05, 3.63) is 11.6 Å². The van der Waals surface area contributed by atoms with Crippen LogP contribution in [0.2, 0.25) is 0 Å². The summed E-state index contributed by atoms with van der Waals surface area (Å²) < 4.78 is 35.9. The predicted octanol–water partition coefficient (Wildman–Crippen LogP) is -0.848. The van der Waals surface area contributed by atoms with Crippen molar-refractivity contribution in [1.29, 1.82) is 0 Å². The monoisotopic (exact) mass is 961 g/mol. The Morgan fingerprint density at radius 1 is 0.687 bits per heavy atom. The fourth-order valence-electron chi connectivity index (χ4n) is 14.0. The number of allylic oxidation sites excluding steroid dienone is 1. The Kier molecular flexibility index (Phi) is 15.7. The summed E-state index contributed by atoms with van der Waals surface area (Å²) in [5, 5.41) is 126. The lowest BCUT2D eigenvalue weighted by molar-refractivity contribution is -0.375. The molecule has 67 heavy (non-hydrogen) atoms. The maximum atomic E-state index is 15.0. The molecule has 0 amide bonds. The van der Waals surface area contributed by atoms with E-state index >= 15 is 4.79 Å². The van der Waals surface area contributed by atoms with Gasteiger partial charge >= 0.3 is 0 Å². The molecular formula is C48H80O19. The number of fused-ring (bicyclic) bond motifs is 5. The number of Topliss-reactive ketones (excluding diaryl/α,β-unsaturated/α-hetero) is 1. The predicted molar refractivity (Wildman–Crippen MR) is 234 cm³/mol. The summed E-state index contributed by atoms with van der Waals surface area (Å²) in [4.78, 5) is 15.0. The molecule has 386 valence electrons. The number of ether oxygens (including phenoxy) is 6. The molecule has 0 aromatic heterocycles. The van der Waals surface area contributed by atoms with Crippen molar-refractivity contribution in [3.63, 3.8) is 0 Å². The smallest absolute Gasteiger partial charge is 0.187 e. The van der Waals surface area contributed by atoms with Crippen LogP contribution in [-0.4, -0.2) is 197 Å². The van der Waals surface area contributed by atoms with Crippen LogP contribution in [0, 0.1) is 45.3 Å². The second-order valence-electron chi connectivity index (χ2n) is 22.8. The molecule has 3 heterocycles. The van der Waals surface area contributed by atoms with Gasteiger partial charge in [0.25, 0.3) is 0 Å². The molecule has 24 atom stereocenters. The second kappa shape index (κ2) is 19.6. The van der Waals surface area contributed by atoms with Crippen molar-refractivity contribution in [2.24, 2.45) is 45.3 Å². The van der Waals surface area contributed by atoms with Gasteiger partial charge in [0.2, 0.25) is 0 Å². The van der Waals surface area contributed by atoms with Gasteiger partial charge in [-0.25, -0.2) is 0 Å². The molecule has 0 unspecified atom stereocenters. The highest BCUT2D eigenvalue weighted by Crippen LogP contribution is 2.74. The quantitative estimate of drug-likeness (QED) is 0.0944. The highest BCUT2D eigenvalue weighted by Gasteiger charge is 2.70. The first-order valence-corrected chi connectivity index (χ1v) is 24.4. The van der Waals surface area contributed by atoms with E-state index < -0.39 is 141 Å². The van der Waals surface area contributed by atoms with Crippen LogP contribution in [0.25, 0.3) is 0 Å². The SMILES string of the molecule is C[C@@H](CC[C@@H](O[C@H]1O[C@@H](CO)[C@H](O)[C@@H](O)[C@@H]1O[C@@H]1O[C@H](CO)[C@H](O)[C@@H](O)[C@@H]1O)C(C)(C)O)[C@@H]1CC[C@@]2(C)[C@@H]3CC=C4[C@H](CC[C@H](O[C@@H]5O[C@H](CO)[C@@H](O)[C@H](O)[C@@H]5O)C4(C)C)[C@]3(C)C(=O)C[C@]12C. The number of hydrogen-bond acceptors (Lipinski definition) is 19. The number of carbonyl (C=O) groups excluding carboxylic acids is 1. The number of ketones is 1. The van der Waals surface area contributed by atoms with Crippen molar-refractivity contribution >= 4 is 5.78 Å². The minimum atomic E-state index is -1.84. The second-order valence-corrected chi connectivity index (χ2v) is 22.8. The van der Waals surface area contributed by atoms with Gasteiger partial charge in [-0.1, -0.05) is 53.2 Å². The molecular weight excluding hydrogens is 881 g/mol. The molecule has 7 aliphatic rings. The van der Waals surface area contributed by atoms with Crippen LogP contribution >= 0.6 is 0 Å². The average molecular weight is 961 g/mol. The van der Waals surface area contributed by atoms with Crippen molar-refractivity contribution in [2.75, 3.05) is 19.8 Å². The molecule has 0 aromatic carbocycles. The van der Waals surface area contributed by atoms with Crippen molar-refractivity contribution in [1.82, 2.24) is 0 Å². The zero-order valence-corrected chi connectivity index (χ0v) is 40.2. The summed E-state index contributed by atoms with van der Waals surface area (Å²) in [6.07, 6.45) is -17.4. The molecule has 7 rings (SSSR count). The summed E-state index contributed by atoms with van der Waals surface area (Å²) in [5.41, 5.74) is -2.17. The van der Waals surface area contributed by atoms with Crippen LogP contribution in [-0.2, 0) is 33.2 Å². The van der Waals surface area contributed by atoms with E-state index in [0.29, 0.717) is 32.1 Å². The van der Waals surface area contributed by atoms with E-state index in [2.05, 4.69) is 47.6 Å². The topological polar surface area (TPSA) is 315 Å². The van der Waals surface area contributed by atoms with Crippen molar-refractivity contribution in [2.45, 2.75) is 217 Å². The van der Waals surface area contributed by atoms with E-state index in [0.717, 1.165) is 18.4 Å². The van der Waals surface area contributed by atoms with Gasteiger partial charge in [-0.3, -0.25) is 4.79 Å². The van der Waals surface area contributed by atoms with Crippen LogP contribution in [0.5, 0.6) is 0 Å². The summed E-state index contributed by atoms with van der Waals surface area (Å²) >= 11 is 0. The zero-order chi connectivity index (χ0) is 49.5. The Morgan fingerprint density at radius 3 is 1.75 bits per heavy atom. The Hall–Kier alpha value is -1.31. The van der Waals surface area contributed by atoms with Crippen LogP contribution in [0.15, 0.2) is 11.6 Å². The number of hydrogen-bond donors (Lipinski definition) is 12. The molecule has 3 aliphatic heterocycles. The molecule has 3 saturated heterocycles. The normalized spacial score (nSPS) is 49.9. The first kappa shape index (κ1) is 53.5. The van der Waals surface area contributed by atoms with Gasteiger partial charge < -0.3 is 89.7 Å². The fraction of sp³-hybridized carbons (Fsp3) is 0.938. The lowest BCUT2D eigenvalue weighted by atomic mass is 9.38. The standard InChI is InChI=1S/C48H80O19/c1-21(9-13-31(45(4,5)61)66-43-40(37(58)34(55)27(20-51)64-43)67-42-39(60)36(57)33(54)26(19-50)63-42)22-15-16-46(6)28-12-10-23-24(48(28,8)29(52)17-47(22,46)7)11-14-30(44(23,2)3)65-41-38(59)35(56)32(53)25(18-49)62-41/h10,21-22,24-28,30-43,49-51,53-61H,9,11-20H2,1-8H3/t21-,22-,24-,25+,26+,27-,28-,30-,31+,32+,33-,34-,35-,36+,37+,38-,39-,40-,41-,42-,43+,46-,47+,48-/m0/s1. The van der Waals surface area contributed by atoms with Gasteiger partial charge in [0.1, 0.15) is 79.0 Å². The maximum absolute atomic E-state index is 15.0. The summed E-state index contributed by atoms with van der Waals surface area (Å²) in [6, 6.07) is 0. The van der Waals surface area contributed by atoms with E-state index in [1.165, 1.54) is 0 Å². The molecule has 0 spiro atoms. The Labute approximate surface area is 393 Å². The van der Waals surface area contributed by atoms with E-state index in [9.17, 15) is 61.3 Å². The third-order valence-electron chi connectivity index (χ3n) is 18.4. The van der Waals surface area contributed by atoms with E-state index in [1.54, 1.807) is 13.8 Å². The van der Waals surface area contributed by atoms with Gasteiger partial charge in [-0.05, 0) is 93.3 Å². The van der Waals surface area contributed by atoms with Gasteiger partial charge in [0.05, 0.1) is 37.6 Å². The van der Waals surface area contributed by atoms with Crippen molar-refractivity contribution < 1.29 is 94.5 Å². The molecule has 0 aromatic rings. The number of carbonyl (C=O) groups is 1. The number of aliphatic hydroxyl groups excluding tert-OH is 11. The highest BCUT2D eigenvalue weighted by molar-refractivity contribution is 5.88. The number of aliphatic hydroxyl groups is 12. The molecule has 4 aliphatic carbocycles. The first-order valence-electron chi connectivity index (χ1n) is 24.4. The Morgan fingerprint density at radius 2 is 1.21 bits per heavy atom. The van der Waals surface area contributed by atoms with Gasteiger partial charge in [0.15, 0.2) is 18.9 Å². The zero-order valence-electron chi connectivity index (χ0n) is 40.2. The molecule has 12 N–H and O–H groups in total. The molecule has 19 heteroatoms. The van der Waals surface area contributed by atoms with Crippen LogP contribution in [0.4, 0.5) is 0 Å². The molecule has 0 bridgehead atoms. The summed E-state index contributed by atoms with van der Waals surface area (Å²) in [6.45, 7) is 14.2. The Balaban J connectivity index is 1.06. The largest absolute Gasteiger partial charge is 0.394 e. The molecule has 3 saturated carbocycles. The number of rotatable bonds is 14. The fourth-order valence-corrected chi connectivity index (χ4v) is 14.0.